The third-order valence-corrected chi connectivity index (χ3v) is 3.17. The zero-order valence-electron chi connectivity index (χ0n) is 10.7. The Bertz CT molecular complexity index is 449. The molecular weight excluding hydrogens is 252 g/mol. The van der Waals surface area contributed by atoms with Crippen LogP contribution in [0.4, 0.5) is 0 Å². The Kier molecular flexibility index (Phi) is 3.96. The van der Waals surface area contributed by atoms with Gasteiger partial charge >= 0.3 is 0 Å². The van der Waals surface area contributed by atoms with Gasteiger partial charge in [0.15, 0.2) is 11.5 Å². The van der Waals surface area contributed by atoms with Crippen LogP contribution in [0.5, 0.6) is 11.5 Å². The second kappa shape index (κ2) is 5.34. The maximum absolute atomic E-state index is 9.81. The highest BCUT2D eigenvalue weighted by Crippen LogP contribution is 2.30. The summed E-state index contributed by atoms with van der Waals surface area (Å²) in [4.78, 5) is 0. The number of benzene rings is 1. The monoisotopic (exact) mass is 270 g/mol. The van der Waals surface area contributed by atoms with Gasteiger partial charge in [0.2, 0.25) is 6.29 Å². The van der Waals surface area contributed by atoms with Crippen LogP contribution in [0.2, 0.25) is 0 Å². The second-order valence-corrected chi connectivity index (χ2v) is 4.77. The number of aliphatic hydroxyl groups is 3. The first-order chi connectivity index (χ1) is 8.90. The molecule has 1 aromatic rings. The number of aliphatic hydroxyl groups excluding tert-OH is 3. The number of aryl methyl sites for hydroxylation is 1. The topological polar surface area (TPSA) is 99.4 Å². The van der Waals surface area contributed by atoms with E-state index in [0.717, 1.165) is 5.56 Å². The van der Waals surface area contributed by atoms with Crippen LogP contribution in [-0.2, 0) is 4.74 Å². The van der Waals surface area contributed by atoms with Crippen LogP contribution < -0.4 is 4.74 Å². The van der Waals surface area contributed by atoms with Crippen molar-refractivity contribution in [1.29, 1.82) is 0 Å². The molecule has 1 heterocycles. The molecule has 1 saturated heterocycles. The summed E-state index contributed by atoms with van der Waals surface area (Å²) in [5.41, 5.74) is 0.867. The Balaban J connectivity index is 2.16. The summed E-state index contributed by atoms with van der Waals surface area (Å²) in [5, 5.41) is 38.7. The van der Waals surface area contributed by atoms with E-state index in [1.165, 1.54) is 6.07 Å². The fourth-order valence-electron chi connectivity index (χ4n) is 1.95. The zero-order chi connectivity index (χ0) is 14.2. The molecule has 0 bridgehead atoms. The van der Waals surface area contributed by atoms with Crippen molar-refractivity contribution in [3.63, 3.8) is 0 Å². The lowest BCUT2D eigenvalue weighted by Crippen LogP contribution is -2.58. The van der Waals surface area contributed by atoms with E-state index in [0.29, 0.717) is 0 Å². The number of ether oxygens (including phenoxy) is 2. The molecule has 2 rings (SSSR count). The first-order valence-electron chi connectivity index (χ1n) is 6.06. The molecule has 1 aliphatic heterocycles. The fourth-order valence-corrected chi connectivity index (χ4v) is 1.95. The van der Waals surface area contributed by atoms with Gasteiger partial charge in [-0.05, 0) is 31.5 Å². The average molecular weight is 270 g/mol. The molecule has 1 aromatic carbocycles. The molecule has 19 heavy (non-hydrogen) atoms. The molecule has 5 unspecified atom stereocenters. The lowest BCUT2D eigenvalue weighted by Gasteiger charge is -2.38. The molecule has 0 aromatic heterocycles. The second-order valence-electron chi connectivity index (χ2n) is 4.77. The molecule has 0 spiro atoms. The van der Waals surface area contributed by atoms with E-state index in [4.69, 9.17) is 9.47 Å². The van der Waals surface area contributed by atoms with Crippen LogP contribution in [0.1, 0.15) is 12.5 Å². The Labute approximate surface area is 110 Å². The number of aromatic hydroxyl groups is 1. The van der Waals surface area contributed by atoms with E-state index >= 15 is 0 Å². The van der Waals surface area contributed by atoms with Crippen molar-refractivity contribution in [2.45, 2.75) is 44.6 Å². The van der Waals surface area contributed by atoms with Crippen LogP contribution >= 0.6 is 0 Å². The minimum Gasteiger partial charge on any atom is -0.504 e. The fraction of sp³-hybridized carbons (Fsp3) is 0.538. The Morgan fingerprint density at radius 2 is 1.79 bits per heavy atom. The molecule has 0 saturated carbocycles. The molecule has 0 radical (unpaired) electrons. The molecule has 5 atom stereocenters. The largest absolute Gasteiger partial charge is 0.504 e. The Morgan fingerprint density at radius 1 is 1.11 bits per heavy atom. The van der Waals surface area contributed by atoms with Crippen molar-refractivity contribution in [3.05, 3.63) is 23.8 Å². The van der Waals surface area contributed by atoms with Crippen LogP contribution in [0.25, 0.3) is 0 Å². The van der Waals surface area contributed by atoms with E-state index in [-0.39, 0.29) is 11.5 Å². The molecule has 106 valence electrons. The summed E-state index contributed by atoms with van der Waals surface area (Å²) in [7, 11) is 0. The smallest absolute Gasteiger partial charge is 0.229 e. The quantitative estimate of drug-likeness (QED) is 0.599. The lowest BCUT2D eigenvalue weighted by molar-refractivity contribution is -0.268. The SMILES string of the molecule is Cc1ccc(O)c(OC2OC(C)C(O)C(O)C2O)c1. The van der Waals surface area contributed by atoms with E-state index < -0.39 is 30.7 Å². The minimum absolute atomic E-state index is 0.0883. The first-order valence-corrected chi connectivity index (χ1v) is 6.06. The van der Waals surface area contributed by atoms with Crippen molar-refractivity contribution < 1.29 is 29.9 Å². The van der Waals surface area contributed by atoms with Gasteiger partial charge in [0, 0.05) is 0 Å². The lowest BCUT2D eigenvalue weighted by atomic mass is 10.00. The molecular formula is C13H18O6. The van der Waals surface area contributed by atoms with E-state index in [1.807, 2.05) is 6.92 Å². The van der Waals surface area contributed by atoms with Crippen LogP contribution in [0.15, 0.2) is 18.2 Å². The summed E-state index contributed by atoms with van der Waals surface area (Å²) in [6.07, 6.45) is -5.77. The van der Waals surface area contributed by atoms with E-state index in [2.05, 4.69) is 0 Å². The predicted molar refractivity (Wildman–Crippen MR) is 65.8 cm³/mol. The van der Waals surface area contributed by atoms with E-state index in [9.17, 15) is 20.4 Å². The molecule has 1 aliphatic rings. The van der Waals surface area contributed by atoms with Gasteiger partial charge in [-0.15, -0.1) is 0 Å². The third-order valence-electron chi connectivity index (χ3n) is 3.17. The number of phenolic OH excluding ortho intramolecular Hbond substituents is 1. The summed E-state index contributed by atoms with van der Waals surface area (Å²) in [6, 6.07) is 4.77. The highest BCUT2D eigenvalue weighted by atomic mass is 16.7. The number of hydrogen-bond acceptors (Lipinski definition) is 6. The van der Waals surface area contributed by atoms with Gasteiger partial charge in [0.1, 0.15) is 18.3 Å². The van der Waals surface area contributed by atoms with Crippen molar-refractivity contribution in [1.82, 2.24) is 0 Å². The maximum Gasteiger partial charge on any atom is 0.229 e. The highest BCUT2D eigenvalue weighted by Gasteiger charge is 2.43. The summed E-state index contributed by atoms with van der Waals surface area (Å²) >= 11 is 0. The Hall–Kier alpha value is -1.34. The van der Waals surface area contributed by atoms with Crippen LogP contribution in [0, 0.1) is 6.92 Å². The van der Waals surface area contributed by atoms with Crippen LogP contribution in [0.3, 0.4) is 0 Å². The molecule has 0 aliphatic carbocycles. The highest BCUT2D eigenvalue weighted by molar-refractivity contribution is 5.41. The minimum atomic E-state index is -1.40. The molecule has 6 heteroatoms. The first kappa shape index (κ1) is 14.1. The average Bonchev–Trinajstić information content (AvgIpc) is 2.37. The normalized spacial score (nSPS) is 35.1. The maximum atomic E-state index is 9.81. The van der Waals surface area contributed by atoms with Gasteiger partial charge in [-0.25, -0.2) is 0 Å². The summed E-state index contributed by atoms with van der Waals surface area (Å²) in [6.45, 7) is 3.39. The van der Waals surface area contributed by atoms with E-state index in [1.54, 1.807) is 19.1 Å². The number of hydrogen-bond donors (Lipinski definition) is 4. The van der Waals surface area contributed by atoms with Gasteiger partial charge in [0.25, 0.3) is 0 Å². The van der Waals surface area contributed by atoms with Gasteiger partial charge in [-0.3, -0.25) is 0 Å². The number of rotatable bonds is 2. The van der Waals surface area contributed by atoms with Crippen molar-refractivity contribution >= 4 is 0 Å². The van der Waals surface area contributed by atoms with Crippen molar-refractivity contribution in [2.75, 3.05) is 0 Å². The molecule has 4 N–H and O–H groups in total. The zero-order valence-corrected chi connectivity index (χ0v) is 10.7. The standard InChI is InChI=1S/C13H18O6/c1-6-3-4-8(14)9(5-6)19-13-12(17)11(16)10(15)7(2)18-13/h3-5,7,10-17H,1-2H3. The summed E-state index contributed by atoms with van der Waals surface area (Å²) < 4.78 is 10.7. The van der Waals surface area contributed by atoms with Gasteiger partial charge in [-0.2, -0.15) is 0 Å². The van der Waals surface area contributed by atoms with Crippen molar-refractivity contribution in [3.8, 4) is 11.5 Å². The van der Waals surface area contributed by atoms with Gasteiger partial charge in [-0.1, -0.05) is 6.07 Å². The van der Waals surface area contributed by atoms with Crippen molar-refractivity contribution in [2.24, 2.45) is 0 Å². The summed E-state index contributed by atoms with van der Waals surface area (Å²) in [5.74, 6) is 0.0644. The molecule has 1 fully saturated rings. The predicted octanol–water partition coefficient (Wildman–Crippen LogP) is -0.0931. The Morgan fingerprint density at radius 3 is 2.47 bits per heavy atom. The number of phenols is 1. The molecule has 0 amide bonds. The van der Waals surface area contributed by atoms with Gasteiger partial charge in [0.05, 0.1) is 6.10 Å². The van der Waals surface area contributed by atoms with Crippen LogP contribution in [-0.4, -0.2) is 51.1 Å². The van der Waals surface area contributed by atoms with Gasteiger partial charge < -0.3 is 29.9 Å². The third kappa shape index (κ3) is 2.82. The molecule has 6 nitrogen and oxygen atoms in total.